The van der Waals surface area contributed by atoms with E-state index in [1.807, 2.05) is 0 Å². The molecule has 0 aliphatic heterocycles. The first-order valence-electron chi connectivity index (χ1n) is 4.29. The summed E-state index contributed by atoms with van der Waals surface area (Å²) in [5.74, 6) is 5.69. The molecule has 1 rings (SSSR count). The van der Waals surface area contributed by atoms with Crippen molar-refractivity contribution in [3.8, 4) is 11.8 Å². The first-order valence-corrected chi connectivity index (χ1v) is 4.67. The second-order valence-corrected chi connectivity index (χ2v) is 3.12. The molecule has 5 heteroatoms. The lowest BCUT2D eigenvalue weighted by atomic mass is 10.2. The van der Waals surface area contributed by atoms with Crippen molar-refractivity contribution in [3.63, 3.8) is 0 Å². The third kappa shape index (κ3) is 3.43. The molecular formula is C10H9ClN4. The first kappa shape index (κ1) is 11.3. The highest BCUT2D eigenvalue weighted by Crippen LogP contribution is 2.20. The molecule has 0 spiro atoms. The predicted octanol–water partition coefficient (Wildman–Crippen LogP) is 2.97. The highest BCUT2D eigenvalue weighted by molar-refractivity contribution is 6.32. The van der Waals surface area contributed by atoms with Crippen molar-refractivity contribution in [2.24, 2.45) is 5.11 Å². The zero-order chi connectivity index (χ0) is 11.1. The Bertz CT molecular complexity index is 432. The Hall–Kier alpha value is -1.82. The quantitative estimate of drug-likeness (QED) is 0.204. The SMILES string of the molecule is [N-]=[N+]=NCCC#Cc1c(N)cccc1Cl. The van der Waals surface area contributed by atoms with Gasteiger partial charge in [-0.2, -0.15) is 0 Å². The summed E-state index contributed by atoms with van der Waals surface area (Å²) in [6.07, 6.45) is 0.495. The summed E-state index contributed by atoms with van der Waals surface area (Å²) in [6, 6.07) is 5.24. The van der Waals surface area contributed by atoms with Gasteiger partial charge in [-0.05, 0) is 17.7 Å². The number of hydrogen-bond acceptors (Lipinski definition) is 2. The molecule has 0 saturated carbocycles. The standard InChI is InChI=1S/C10H9ClN4/c11-9-5-3-6-10(12)8(9)4-1-2-7-14-15-13/h3,5-6H,2,7,12H2. The van der Waals surface area contributed by atoms with Gasteiger partial charge < -0.3 is 5.73 Å². The second kappa shape index (κ2) is 5.82. The van der Waals surface area contributed by atoms with Crippen LogP contribution in [0.5, 0.6) is 0 Å². The van der Waals surface area contributed by atoms with Gasteiger partial charge in [0.15, 0.2) is 0 Å². The van der Waals surface area contributed by atoms with Crippen molar-refractivity contribution in [1.82, 2.24) is 0 Å². The van der Waals surface area contributed by atoms with Crippen LogP contribution < -0.4 is 5.73 Å². The smallest absolute Gasteiger partial charge is 0.0661 e. The first-order chi connectivity index (χ1) is 7.25. The topological polar surface area (TPSA) is 74.8 Å². The van der Waals surface area contributed by atoms with Gasteiger partial charge in [0.05, 0.1) is 10.6 Å². The van der Waals surface area contributed by atoms with E-state index >= 15 is 0 Å². The Balaban J connectivity index is 2.75. The number of rotatable bonds is 2. The lowest BCUT2D eigenvalue weighted by molar-refractivity contribution is 1.01. The van der Waals surface area contributed by atoms with Gasteiger partial charge in [0, 0.05) is 23.6 Å². The van der Waals surface area contributed by atoms with Crippen LogP contribution in [0.15, 0.2) is 23.3 Å². The Morgan fingerprint density at radius 2 is 2.33 bits per heavy atom. The van der Waals surface area contributed by atoms with Crippen LogP contribution in [-0.4, -0.2) is 6.54 Å². The monoisotopic (exact) mass is 220 g/mol. The zero-order valence-corrected chi connectivity index (χ0v) is 8.70. The molecule has 0 heterocycles. The fourth-order valence-electron chi connectivity index (χ4n) is 0.974. The maximum absolute atomic E-state index is 8.04. The van der Waals surface area contributed by atoms with Crippen molar-refractivity contribution in [3.05, 3.63) is 39.2 Å². The van der Waals surface area contributed by atoms with E-state index in [1.165, 1.54) is 0 Å². The van der Waals surface area contributed by atoms with Crippen molar-refractivity contribution in [1.29, 1.82) is 0 Å². The molecule has 0 aliphatic carbocycles. The fraction of sp³-hybridized carbons (Fsp3) is 0.200. The maximum atomic E-state index is 8.04. The summed E-state index contributed by atoms with van der Waals surface area (Å²) >= 11 is 5.91. The molecule has 15 heavy (non-hydrogen) atoms. The molecule has 0 saturated heterocycles. The number of anilines is 1. The maximum Gasteiger partial charge on any atom is 0.0661 e. The Morgan fingerprint density at radius 1 is 1.53 bits per heavy atom. The summed E-state index contributed by atoms with van der Waals surface area (Å²) in [7, 11) is 0. The minimum Gasteiger partial charge on any atom is -0.398 e. The highest BCUT2D eigenvalue weighted by atomic mass is 35.5. The molecule has 0 aromatic heterocycles. The van der Waals surface area contributed by atoms with Crippen LogP contribution in [-0.2, 0) is 0 Å². The number of halogens is 1. The summed E-state index contributed by atoms with van der Waals surface area (Å²) in [5.41, 5.74) is 14.9. The lowest BCUT2D eigenvalue weighted by Gasteiger charge is -1.99. The highest BCUT2D eigenvalue weighted by Gasteiger charge is 1.99. The van der Waals surface area contributed by atoms with Crippen molar-refractivity contribution in [2.75, 3.05) is 12.3 Å². The Labute approximate surface area is 92.7 Å². The summed E-state index contributed by atoms with van der Waals surface area (Å²) < 4.78 is 0. The zero-order valence-electron chi connectivity index (χ0n) is 7.94. The van der Waals surface area contributed by atoms with E-state index in [1.54, 1.807) is 18.2 Å². The third-order valence-corrected chi connectivity index (χ3v) is 1.97. The fourth-order valence-corrected chi connectivity index (χ4v) is 1.20. The predicted molar refractivity (Wildman–Crippen MR) is 61.4 cm³/mol. The van der Waals surface area contributed by atoms with E-state index in [9.17, 15) is 0 Å². The molecule has 0 unspecified atom stereocenters. The van der Waals surface area contributed by atoms with Gasteiger partial charge in [0.25, 0.3) is 0 Å². The van der Waals surface area contributed by atoms with Crippen molar-refractivity contribution in [2.45, 2.75) is 6.42 Å². The third-order valence-electron chi connectivity index (χ3n) is 1.66. The molecule has 4 nitrogen and oxygen atoms in total. The van der Waals surface area contributed by atoms with Crippen LogP contribution in [0, 0.1) is 11.8 Å². The van der Waals surface area contributed by atoms with Crippen LogP contribution in [0.2, 0.25) is 5.02 Å². The molecule has 1 aromatic rings. The van der Waals surface area contributed by atoms with Crippen molar-refractivity contribution >= 4 is 17.3 Å². The van der Waals surface area contributed by atoms with Crippen LogP contribution >= 0.6 is 11.6 Å². The number of nitrogens with two attached hydrogens (primary N) is 1. The normalized spacial score (nSPS) is 8.60. The van der Waals surface area contributed by atoms with Gasteiger partial charge in [-0.3, -0.25) is 0 Å². The van der Waals surface area contributed by atoms with E-state index in [4.69, 9.17) is 22.9 Å². The van der Waals surface area contributed by atoms with Gasteiger partial charge >= 0.3 is 0 Å². The van der Waals surface area contributed by atoms with Gasteiger partial charge in [-0.15, -0.1) is 0 Å². The molecule has 1 aromatic carbocycles. The van der Waals surface area contributed by atoms with Crippen LogP contribution in [0.3, 0.4) is 0 Å². The van der Waals surface area contributed by atoms with Crippen LogP contribution in [0.1, 0.15) is 12.0 Å². The lowest BCUT2D eigenvalue weighted by Crippen LogP contribution is -1.90. The molecule has 0 radical (unpaired) electrons. The van der Waals surface area contributed by atoms with E-state index in [2.05, 4.69) is 21.9 Å². The number of nitrogen functional groups attached to an aromatic ring is 1. The summed E-state index contributed by atoms with van der Waals surface area (Å²) in [6.45, 7) is 0.355. The second-order valence-electron chi connectivity index (χ2n) is 2.71. The molecule has 0 aliphatic rings. The largest absolute Gasteiger partial charge is 0.398 e. The molecule has 0 fully saturated rings. The molecular weight excluding hydrogens is 212 g/mol. The van der Waals surface area contributed by atoms with Gasteiger partial charge in [0.2, 0.25) is 0 Å². The molecule has 0 amide bonds. The van der Waals surface area contributed by atoms with Gasteiger partial charge in [0.1, 0.15) is 0 Å². The molecule has 0 bridgehead atoms. The van der Waals surface area contributed by atoms with Crippen molar-refractivity contribution < 1.29 is 0 Å². The minimum atomic E-state index is 0.355. The van der Waals surface area contributed by atoms with Gasteiger partial charge in [-0.25, -0.2) is 0 Å². The van der Waals surface area contributed by atoms with E-state index < -0.39 is 0 Å². The molecule has 76 valence electrons. The van der Waals surface area contributed by atoms with E-state index in [0.717, 1.165) is 0 Å². The number of benzene rings is 1. The number of hydrogen-bond donors (Lipinski definition) is 1. The average Bonchev–Trinajstić information content (AvgIpc) is 2.21. The average molecular weight is 221 g/mol. The van der Waals surface area contributed by atoms with Crippen LogP contribution in [0.4, 0.5) is 5.69 Å². The van der Waals surface area contributed by atoms with Crippen LogP contribution in [0.25, 0.3) is 10.4 Å². The Morgan fingerprint density at radius 3 is 3.00 bits per heavy atom. The Kier molecular flexibility index (Phi) is 4.36. The van der Waals surface area contributed by atoms with E-state index in [0.29, 0.717) is 29.2 Å². The number of azide groups is 1. The molecule has 2 N–H and O–H groups in total. The molecule has 0 atom stereocenters. The van der Waals surface area contributed by atoms with Gasteiger partial charge in [-0.1, -0.05) is 34.6 Å². The summed E-state index contributed by atoms with van der Waals surface area (Å²) in [5, 5.41) is 3.90. The minimum absolute atomic E-state index is 0.355. The van der Waals surface area contributed by atoms with E-state index in [-0.39, 0.29) is 0 Å². The summed E-state index contributed by atoms with van der Waals surface area (Å²) in [4.78, 5) is 2.62. The number of nitrogens with zero attached hydrogens (tertiary/aromatic N) is 3.